The van der Waals surface area contributed by atoms with E-state index in [2.05, 4.69) is 30.6 Å². The first-order valence-corrected chi connectivity index (χ1v) is 7.47. The number of ether oxygens (including phenoxy) is 1. The van der Waals surface area contributed by atoms with Crippen molar-refractivity contribution in [2.75, 3.05) is 39.4 Å². The normalized spacial score (nSPS) is 32.6. The number of morpholine rings is 1. The topological polar surface area (TPSA) is 28.1 Å². The van der Waals surface area contributed by atoms with Crippen LogP contribution in [-0.2, 0) is 4.74 Å². The molecular formula is C15H25N3O. The van der Waals surface area contributed by atoms with Gasteiger partial charge in [0.25, 0.3) is 0 Å². The van der Waals surface area contributed by atoms with E-state index in [0.29, 0.717) is 6.04 Å². The average molecular weight is 263 g/mol. The molecule has 0 aromatic rings. The van der Waals surface area contributed by atoms with Crippen LogP contribution in [0.5, 0.6) is 0 Å². The van der Waals surface area contributed by atoms with Crippen LogP contribution in [0.4, 0.5) is 0 Å². The number of rotatable bonds is 2. The summed E-state index contributed by atoms with van der Waals surface area (Å²) >= 11 is 0. The van der Waals surface area contributed by atoms with E-state index in [-0.39, 0.29) is 0 Å². The van der Waals surface area contributed by atoms with E-state index in [1.54, 1.807) is 5.70 Å². The van der Waals surface area contributed by atoms with Crippen molar-refractivity contribution in [2.24, 2.45) is 10.9 Å². The molecule has 106 valence electrons. The fourth-order valence-corrected chi connectivity index (χ4v) is 3.48. The Hall–Kier alpha value is -0.870. The van der Waals surface area contributed by atoms with Gasteiger partial charge in [0.2, 0.25) is 0 Å². The maximum absolute atomic E-state index is 5.43. The fraction of sp³-hybridized carbons (Fsp3) is 0.800. The standard InChI is InChI=1S/C15H25N3O/c1-11-12(2)16-13(3)18-10-14(8-15(11)18)9-17-4-6-19-7-5-17/h12,14H,4-10H2,1-3H3/t12-,14-/m0/s1. The number of amidine groups is 1. The molecule has 4 nitrogen and oxygen atoms in total. The Morgan fingerprint density at radius 1 is 1.26 bits per heavy atom. The molecule has 0 radical (unpaired) electrons. The first-order valence-electron chi connectivity index (χ1n) is 7.47. The molecule has 3 aliphatic rings. The van der Waals surface area contributed by atoms with Gasteiger partial charge in [0, 0.05) is 31.9 Å². The molecule has 0 spiro atoms. The molecule has 19 heavy (non-hydrogen) atoms. The zero-order valence-corrected chi connectivity index (χ0v) is 12.4. The van der Waals surface area contributed by atoms with Crippen LogP contribution in [-0.4, -0.2) is 61.1 Å². The Bertz CT molecular complexity index is 410. The van der Waals surface area contributed by atoms with Crippen LogP contribution in [0.3, 0.4) is 0 Å². The van der Waals surface area contributed by atoms with E-state index < -0.39 is 0 Å². The predicted octanol–water partition coefficient (Wildman–Crippen LogP) is 1.74. The summed E-state index contributed by atoms with van der Waals surface area (Å²) in [6, 6.07) is 0.369. The van der Waals surface area contributed by atoms with E-state index >= 15 is 0 Å². The van der Waals surface area contributed by atoms with E-state index in [0.717, 1.165) is 38.8 Å². The lowest BCUT2D eigenvalue weighted by Gasteiger charge is -2.29. The Kier molecular flexibility index (Phi) is 3.63. The smallest absolute Gasteiger partial charge is 0.101 e. The van der Waals surface area contributed by atoms with Gasteiger partial charge in [-0.05, 0) is 38.7 Å². The van der Waals surface area contributed by atoms with Crippen molar-refractivity contribution in [3.63, 3.8) is 0 Å². The third-order valence-corrected chi connectivity index (χ3v) is 4.72. The summed E-state index contributed by atoms with van der Waals surface area (Å²) in [6.07, 6.45) is 1.22. The molecule has 0 aromatic carbocycles. The molecular weight excluding hydrogens is 238 g/mol. The van der Waals surface area contributed by atoms with Gasteiger partial charge in [-0.2, -0.15) is 0 Å². The third kappa shape index (κ3) is 2.56. The number of fused-ring (bicyclic) bond motifs is 1. The molecule has 0 N–H and O–H groups in total. The molecule has 2 fully saturated rings. The monoisotopic (exact) mass is 263 g/mol. The van der Waals surface area contributed by atoms with Gasteiger partial charge in [0.1, 0.15) is 5.84 Å². The highest BCUT2D eigenvalue weighted by Crippen LogP contribution is 2.34. The highest BCUT2D eigenvalue weighted by atomic mass is 16.5. The van der Waals surface area contributed by atoms with E-state index in [9.17, 15) is 0 Å². The molecule has 4 heteroatoms. The van der Waals surface area contributed by atoms with Crippen LogP contribution in [0.1, 0.15) is 27.2 Å². The van der Waals surface area contributed by atoms with Gasteiger partial charge in [0.15, 0.2) is 0 Å². The van der Waals surface area contributed by atoms with Crippen molar-refractivity contribution in [3.05, 3.63) is 11.3 Å². The van der Waals surface area contributed by atoms with E-state index in [4.69, 9.17) is 9.73 Å². The molecule has 0 aromatic heterocycles. The molecule has 2 atom stereocenters. The summed E-state index contributed by atoms with van der Waals surface area (Å²) in [4.78, 5) is 9.74. The molecule has 0 unspecified atom stereocenters. The molecule has 2 saturated heterocycles. The Morgan fingerprint density at radius 3 is 2.74 bits per heavy atom. The van der Waals surface area contributed by atoms with Crippen LogP contribution < -0.4 is 0 Å². The van der Waals surface area contributed by atoms with E-state index in [1.165, 1.54) is 24.4 Å². The summed E-state index contributed by atoms with van der Waals surface area (Å²) in [6.45, 7) is 12.9. The van der Waals surface area contributed by atoms with Crippen molar-refractivity contribution in [2.45, 2.75) is 33.2 Å². The molecule has 0 aliphatic carbocycles. The van der Waals surface area contributed by atoms with Gasteiger partial charge in [0.05, 0.1) is 19.3 Å². The number of hydrogen-bond acceptors (Lipinski definition) is 4. The second kappa shape index (κ2) is 5.25. The zero-order chi connectivity index (χ0) is 13.4. The number of nitrogens with zero attached hydrogens (tertiary/aromatic N) is 3. The van der Waals surface area contributed by atoms with Crippen molar-refractivity contribution in [1.29, 1.82) is 0 Å². The highest BCUT2D eigenvalue weighted by molar-refractivity contribution is 5.83. The minimum Gasteiger partial charge on any atom is -0.379 e. The van der Waals surface area contributed by atoms with Crippen LogP contribution >= 0.6 is 0 Å². The molecule has 0 saturated carbocycles. The van der Waals surface area contributed by atoms with Gasteiger partial charge >= 0.3 is 0 Å². The molecule has 3 rings (SSSR count). The van der Waals surface area contributed by atoms with Crippen LogP contribution in [0, 0.1) is 5.92 Å². The lowest BCUT2D eigenvalue weighted by molar-refractivity contribution is 0.0316. The lowest BCUT2D eigenvalue weighted by atomic mass is 10.0. The number of allylic oxidation sites excluding steroid dienone is 1. The van der Waals surface area contributed by atoms with Crippen LogP contribution in [0.15, 0.2) is 16.3 Å². The van der Waals surface area contributed by atoms with Crippen molar-refractivity contribution in [3.8, 4) is 0 Å². The van der Waals surface area contributed by atoms with Crippen LogP contribution in [0.2, 0.25) is 0 Å². The van der Waals surface area contributed by atoms with Crippen molar-refractivity contribution in [1.82, 2.24) is 9.80 Å². The number of hydrogen-bond donors (Lipinski definition) is 0. The van der Waals surface area contributed by atoms with Gasteiger partial charge in [-0.3, -0.25) is 9.89 Å². The Balaban J connectivity index is 1.67. The maximum Gasteiger partial charge on any atom is 0.101 e. The first-order chi connectivity index (χ1) is 9.15. The second-order valence-corrected chi connectivity index (χ2v) is 6.08. The summed E-state index contributed by atoms with van der Waals surface area (Å²) < 4.78 is 5.43. The molecule has 3 aliphatic heterocycles. The minimum absolute atomic E-state index is 0.369. The predicted molar refractivity (Wildman–Crippen MR) is 77.3 cm³/mol. The summed E-state index contributed by atoms with van der Waals surface area (Å²) in [5.74, 6) is 1.95. The second-order valence-electron chi connectivity index (χ2n) is 6.08. The molecule has 3 heterocycles. The van der Waals surface area contributed by atoms with E-state index in [1.807, 2.05) is 0 Å². The summed E-state index contributed by atoms with van der Waals surface area (Å²) in [7, 11) is 0. The average Bonchev–Trinajstić information content (AvgIpc) is 2.82. The first kappa shape index (κ1) is 13.1. The quantitative estimate of drug-likeness (QED) is 0.759. The zero-order valence-electron chi connectivity index (χ0n) is 12.4. The van der Waals surface area contributed by atoms with Gasteiger partial charge in [-0.25, -0.2) is 0 Å². The van der Waals surface area contributed by atoms with Crippen LogP contribution in [0.25, 0.3) is 0 Å². The summed E-state index contributed by atoms with van der Waals surface area (Å²) in [5, 5.41) is 0. The summed E-state index contributed by atoms with van der Waals surface area (Å²) in [5.41, 5.74) is 3.01. The van der Waals surface area contributed by atoms with Gasteiger partial charge in [-0.1, -0.05) is 0 Å². The largest absolute Gasteiger partial charge is 0.379 e. The lowest BCUT2D eigenvalue weighted by Crippen LogP contribution is -2.40. The van der Waals surface area contributed by atoms with Gasteiger partial charge in [-0.15, -0.1) is 0 Å². The Labute approximate surface area is 116 Å². The van der Waals surface area contributed by atoms with Gasteiger partial charge < -0.3 is 9.64 Å². The molecule has 0 bridgehead atoms. The number of aliphatic imine (C=N–C) groups is 1. The maximum atomic E-state index is 5.43. The highest BCUT2D eigenvalue weighted by Gasteiger charge is 2.34. The minimum atomic E-state index is 0.369. The van der Waals surface area contributed by atoms with Crippen molar-refractivity contribution < 1.29 is 4.74 Å². The molecule has 0 amide bonds. The third-order valence-electron chi connectivity index (χ3n) is 4.72. The SMILES string of the molecule is CC1=N[C@@H](C)C(C)=C2C[C@@H](CN3CCOCC3)CN12. The van der Waals surface area contributed by atoms with Crippen molar-refractivity contribution >= 4 is 5.84 Å². The Morgan fingerprint density at radius 2 is 2.00 bits per heavy atom. The fourth-order valence-electron chi connectivity index (χ4n) is 3.48.